The number of nitrogens with one attached hydrogen (secondary N) is 1. The SMILES string of the molecule is Cc1ccc(NC(=O)[C@@H](C)Sc2nnc(SCC(N)=O)s2)c(C)c1. The number of rotatable bonds is 7. The summed E-state index contributed by atoms with van der Waals surface area (Å²) in [5.41, 5.74) is 8.10. The van der Waals surface area contributed by atoms with E-state index in [1.165, 1.54) is 34.9 Å². The minimum Gasteiger partial charge on any atom is -0.369 e. The summed E-state index contributed by atoms with van der Waals surface area (Å²) in [5, 5.41) is 10.6. The fourth-order valence-electron chi connectivity index (χ4n) is 1.83. The van der Waals surface area contributed by atoms with Gasteiger partial charge in [0, 0.05) is 5.69 Å². The van der Waals surface area contributed by atoms with Crippen LogP contribution >= 0.6 is 34.9 Å². The van der Waals surface area contributed by atoms with E-state index in [9.17, 15) is 9.59 Å². The van der Waals surface area contributed by atoms with Gasteiger partial charge in [-0.2, -0.15) is 0 Å². The number of anilines is 1. The van der Waals surface area contributed by atoms with Gasteiger partial charge in [0.15, 0.2) is 8.68 Å². The van der Waals surface area contributed by atoms with Gasteiger partial charge in [0.2, 0.25) is 11.8 Å². The number of aromatic nitrogens is 2. The van der Waals surface area contributed by atoms with Crippen molar-refractivity contribution in [2.24, 2.45) is 5.73 Å². The van der Waals surface area contributed by atoms with E-state index in [1.54, 1.807) is 0 Å². The van der Waals surface area contributed by atoms with Crippen LogP contribution in [0.1, 0.15) is 18.1 Å². The zero-order valence-corrected chi connectivity index (χ0v) is 16.0. The van der Waals surface area contributed by atoms with Gasteiger partial charge in [0.25, 0.3) is 0 Å². The fourth-order valence-corrected chi connectivity index (χ4v) is 4.73. The number of nitrogens with zero attached hydrogens (tertiary/aromatic N) is 2. The third-order valence-electron chi connectivity index (χ3n) is 3.01. The van der Waals surface area contributed by atoms with Crippen LogP contribution in [0.3, 0.4) is 0 Å². The van der Waals surface area contributed by atoms with E-state index >= 15 is 0 Å². The molecule has 0 bridgehead atoms. The van der Waals surface area contributed by atoms with Gasteiger partial charge < -0.3 is 11.1 Å². The lowest BCUT2D eigenvalue weighted by Gasteiger charge is -2.12. The van der Waals surface area contributed by atoms with Crippen molar-refractivity contribution < 1.29 is 9.59 Å². The number of carbonyl (C=O) groups excluding carboxylic acids is 2. The van der Waals surface area contributed by atoms with E-state index < -0.39 is 5.91 Å². The Balaban J connectivity index is 1.92. The van der Waals surface area contributed by atoms with E-state index in [-0.39, 0.29) is 16.9 Å². The molecular formula is C15H18N4O2S3. The number of hydrogen-bond acceptors (Lipinski definition) is 7. The second-order valence-corrected chi connectivity index (χ2v) is 8.94. The highest BCUT2D eigenvalue weighted by molar-refractivity contribution is 8.04. The van der Waals surface area contributed by atoms with Gasteiger partial charge in [-0.1, -0.05) is 52.6 Å². The summed E-state index contributed by atoms with van der Waals surface area (Å²) in [4.78, 5) is 23.1. The smallest absolute Gasteiger partial charge is 0.237 e. The maximum atomic E-state index is 12.3. The lowest BCUT2D eigenvalue weighted by atomic mass is 10.1. The maximum Gasteiger partial charge on any atom is 0.237 e. The van der Waals surface area contributed by atoms with E-state index in [0.29, 0.717) is 8.68 Å². The van der Waals surface area contributed by atoms with Crippen molar-refractivity contribution in [1.82, 2.24) is 10.2 Å². The topological polar surface area (TPSA) is 98.0 Å². The van der Waals surface area contributed by atoms with Crippen molar-refractivity contribution >= 4 is 52.4 Å². The van der Waals surface area contributed by atoms with Crippen LogP contribution in [0, 0.1) is 13.8 Å². The first-order valence-corrected chi connectivity index (χ1v) is 9.82. The molecule has 1 atom stereocenters. The van der Waals surface area contributed by atoms with Gasteiger partial charge in [-0.15, -0.1) is 10.2 Å². The molecule has 3 N–H and O–H groups in total. The number of carbonyl (C=O) groups is 2. The predicted octanol–water partition coefficient (Wildman–Crippen LogP) is 2.85. The van der Waals surface area contributed by atoms with Gasteiger partial charge in [-0.3, -0.25) is 9.59 Å². The van der Waals surface area contributed by atoms with Crippen molar-refractivity contribution in [2.45, 2.75) is 34.7 Å². The first-order valence-electron chi connectivity index (χ1n) is 7.14. The Hall–Kier alpha value is -1.58. The highest BCUT2D eigenvalue weighted by atomic mass is 32.2. The van der Waals surface area contributed by atoms with Gasteiger partial charge >= 0.3 is 0 Å². The van der Waals surface area contributed by atoms with Crippen molar-refractivity contribution in [3.05, 3.63) is 29.3 Å². The summed E-state index contributed by atoms with van der Waals surface area (Å²) in [6.45, 7) is 5.80. The zero-order chi connectivity index (χ0) is 17.7. The first-order chi connectivity index (χ1) is 11.3. The molecule has 0 fully saturated rings. The van der Waals surface area contributed by atoms with Crippen molar-refractivity contribution in [1.29, 1.82) is 0 Å². The maximum absolute atomic E-state index is 12.3. The molecule has 0 aliphatic heterocycles. The summed E-state index contributed by atoms with van der Waals surface area (Å²) in [6.07, 6.45) is 0. The number of amides is 2. The molecule has 2 amide bonds. The molecule has 0 aliphatic rings. The van der Waals surface area contributed by atoms with Crippen LogP contribution in [0.2, 0.25) is 0 Å². The summed E-state index contributed by atoms with van der Waals surface area (Å²) in [7, 11) is 0. The number of nitrogens with two attached hydrogens (primary N) is 1. The fraction of sp³-hybridized carbons (Fsp3) is 0.333. The third-order valence-corrected chi connectivity index (χ3v) is 6.28. The molecule has 1 heterocycles. The first kappa shape index (κ1) is 18.8. The summed E-state index contributed by atoms with van der Waals surface area (Å²) >= 11 is 3.93. The molecule has 128 valence electrons. The molecule has 0 saturated heterocycles. The molecule has 2 rings (SSSR count). The average molecular weight is 383 g/mol. The zero-order valence-electron chi connectivity index (χ0n) is 13.5. The third kappa shape index (κ3) is 5.50. The van der Waals surface area contributed by atoms with Crippen LogP contribution < -0.4 is 11.1 Å². The highest BCUT2D eigenvalue weighted by Crippen LogP contribution is 2.31. The van der Waals surface area contributed by atoms with Gasteiger partial charge in [0.05, 0.1) is 11.0 Å². The number of primary amides is 1. The average Bonchev–Trinajstić information content (AvgIpc) is 2.95. The summed E-state index contributed by atoms with van der Waals surface area (Å²) in [6, 6.07) is 5.90. The minimum absolute atomic E-state index is 0.0894. The quantitative estimate of drug-likeness (QED) is 0.715. The monoisotopic (exact) mass is 382 g/mol. The van der Waals surface area contributed by atoms with Gasteiger partial charge in [-0.05, 0) is 32.4 Å². The number of aryl methyl sites for hydroxylation is 2. The van der Waals surface area contributed by atoms with Crippen LogP contribution in [-0.4, -0.2) is 33.0 Å². The molecule has 0 saturated carbocycles. The van der Waals surface area contributed by atoms with Crippen LogP contribution in [-0.2, 0) is 9.59 Å². The van der Waals surface area contributed by atoms with Crippen LogP contribution in [0.4, 0.5) is 5.69 Å². The number of hydrogen-bond donors (Lipinski definition) is 2. The minimum atomic E-state index is -0.398. The predicted molar refractivity (Wildman–Crippen MR) is 99.7 cm³/mol. The second-order valence-electron chi connectivity index (χ2n) is 5.16. The van der Waals surface area contributed by atoms with E-state index in [1.807, 2.05) is 39.0 Å². The van der Waals surface area contributed by atoms with Crippen LogP contribution in [0.25, 0.3) is 0 Å². The Bertz CT molecular complexity index is 748. The Morgan fingerprint density at radius 3 is 2.67 bits per heavy atom. The largest absolute Gasteiger partial charge is 0.369 e. The lowest BCUT2D eigenvalue weighted by Crippen LogP contribution is -2.22. The van der Waals surface area contributed by atoms with E-state index in [4.69, 9.17) is 5.73 Å². The number of thioether (sulfide) groups is 2. The molecule has 0 radical (unpaired) electrons. The molecule has 0 spiro atoms. The van der Waals surface area contributed by atoms with Crippen LogP contribution in [0.15, 0.2) is 26.9 Å². The van der Waals surface area contributed by atoms with Crippen LogP contribution in [0.5, 0.6) is 0 Å². The molecular weight excluding hydrogens is 364 g/mol. The molecule has 1 aromatic heterocycles. The van der Waals surface area contributed by atoms with Crippen molar-refractivity contribution in [2.75, 3.05) is 11.1 Å². The van der Waals surface area contributed by atoms with Gasteiger partial charge in [-0.25, -0.2) is 0 Å². The molecule has 2 aromatic rings. The second kappa shape index (κ2) is 8.50. The van der Waals surface area contributed by atoms with Gasteiger partial charge in [0.1, 0.15) is 0 Å². The van der Waals surface area contributed by atoms with E-state index in [2.05, 4.69) is 15.5 Å². The molecule has 9 heteroatoms. The Kier molecular flexibility index (Phi) is 6.64. The Morgan fingerprint density at radius 2 is 2.00 bits per heavy atom. The lowest BCUT2D eigenvalue weighted by molar-refractivity contribution is -0.116. The standard InChI is InChI=1S/C15H18N4O2S3/c1-8-4-5-11(9(2)6-8)17-13(21)10(3)23-15-19-18-14(24-15)22-7-12(16)20/h4-6,10H,7H2,1-3H3,(H2,16,20)(H,17,21)/t10-/m1/s1. The summed E-state index contributed by atoms with van der Waals surface area (Å²) in [5.74, 6) is -0.318. The molecule has 6 nitrogen and oxygen atoms in total. The molecule has 1 aromatic carbocycles. The summed E-state index contributed by atoms with van der Waals surface area (Å²) < 4.78 is 1.35. The molecule has 0 unspecified atom stereocenters. The van der Waals surface area contributed by atoms with Crippen molar-refractivity contribution in [3.8, 4) is 0 Å². The highest BCUT2D eigenvalue weighted by Gasteiger charge is 2.18. The molecule has 24 heavy (non-hydrogen) atoms. The van der Waals surface area contributed by atoms with Crippen molar-refractivity contribution in [3.63, 3.8) is 0 Å². The van der Waals surface area contributed by atoms with E-state index in [0.717, 1.165) is 16.8 Å². The normalized spacial score (nSPS) is 12.0. The molecule has 0 aliphatic carbocycles. The number of benzene rings is 1. The Morgan fingerprint density at radius 1 is 1.29 bits per heavy atom. The Labute approximate surface area is 153 Å².